The van der Waals surface area contributed by atoms with Crippen LogP contribution >= 0.6 is 0 Å². The van der Waals surface area contributed by atoms with Gasteiger partial charge in [0.1, 0.15) is 5.82 Å². The van der Waals surface area contributed by atoms with E-state index in [0.29, 0.717) is 12.6 Å². The maximum absolute atomic E-state index is 13.8. The van der Waals surface area contributed by atoms with Gasteiger partial charge in [-0.2, -0.15) is 0 Å². The van der Waals surface area contributed by atoms with E-state index >= 15 is 0 Å². The molecule has 3 nitrogen and oxygen atoms in total. The first-order valence-electron chi connectivity index (χ1n) is 8.91. The summed E-state index contributed by atoms with van der Waals surface area (Å²) in [5.74, 6) is -0.0331. The molecule has 0 spiro atoms. The van der Waals surface area contributed by atoms with Gasteiger partial charge in [-0.3, -0.25) is 9.69 Å². The van der Waals surface area contributed by atoms with Crippen molar-refractivity contribution in [2.24, 2.45) is 0 Å². The smallest absolute Gasteiger partial charge is 0.159 e. The number of ketones is 1. The van der Waals surface area contributed by atoms with E-state index in [1.807, 2.05) is 36.4 Å². The minimum absolute atomic E-state index is 0.0931. The Morgan fingerprint density at radius 3 is 2.88 bits per heavy atom. The van der Waals surface area contributed by atoms with Gasteiger partial charge in [-0.25, -0.2) is 4.39 Å². The van der Waals surface area contributed by atoms with Crippen LogP contribution in [0.3, 0.4) is 0 Å². The van der Waals surface area contributed by atoms with Crippen LogP contribution in [0.25, 0.3) is 0 Å². The molecule has 1 saturated heterocycles. The van der Waals surface area contributed by atoms with Gasteiger partial charge in [0, 0.05) is 36.8 Å². The molecule has 1 aliphatic heterocycles. The SMILES string of the molecule is CC(=O)c1cccc(CN[C@H]2CCCN(Cc3ccccc3F)C2)c1. The lowest BCUT2D eigenvalue weighted by Gasteiger charge is -2.33. The second-order valence-electron chi connectivity index (χ2n) is 6.80. The number of halogens is 1. The maximum atomic E-state index is 13.8. The van der Waals surface area contributed by atoms with Gasteiger partial charge in [0.15, 0.2) is 5.78 Å². The average Bonchev–Trinajstić information content (AvgIpc) is 2.62. The normalized spacial score (nSPS) is 18.2. The van der Waals surface area contributed by atoms with Crippen molar-refractivity contribution in [2.75, 3.05) is 13.1 Å². The van der Waals surface area contributed by atoms with Crippen LogP contribution in [-0.2, 0) is 13.1 Å². The third-order valence-corrected chi connectivity index (χ3v) is 4.79. The Balaban J connectivity index is 1.54. The van der Waals surface area contributed by atoms with Gasteiger partial charge in [0.25, 0.3) is 0 Å². The molecular weight excluding hydrogens is 315 g/mol. The number of hydrogen-bond donors (Lipinski definition) is 1. The molecule has 0 unspecified atom stereocenters. The molecule has 0 radical (unpaired) electrons. The van der Waals surface area contributed by atoms with Crippen LogP contribution < -0.4 is 5.32 Å². The molecule has 0 bridgehead atoms. The molecule has 1 N–H and O–H groups in total. The second kappa shape index (κ2) is 8.37. The summed E-state index contributed by atoms with van der Waals surface area (Å²) in [6.45, 7) is 4.92. The first-order valence-corrected chi connectivity index (χ1v) is 8.91. The minimum atomic E-state index is -0.126. The molecule has 4 heteroatoms. The van der Waals surface area contributed by atoms with E-state index in [0.717, 1.165) is 49.2 Å². The van der Waals surface area contributed by atoms with Crippen molar-refractivity contribution in [3.63, 3.8) is 0 Å². The van der Waals surface area contributed by atoms with Crippen molar-refractivity contribution in [1.29, 1.82) is 0 Å². The predicted molar refractivity (Wildman–Crippen MR) is 98.0 cm³/mol. The van der Waals surface area contributed by atoms with Gasteiger partial charge in [-0.1, -0.05) is 36.4 Å². The average molecular weight is 340 g/mol. The number of carbonyl (C=O) groups excluding carboxylic acids is 1. The molecule has 2 aromatic carbocycles. The van der Waals surface area contributed by atoms with Crippen LogP contribution in [0.2, 0.25) is 0 Å². The number of Topliss-reactive ketones (excluding diaryl/α,β-unsaturated/α-hetero) is 1. The highest BCUT2D eigenvalue weighted by Gasteiger charge is 2.20. The van der Waals surface area contributed by atoms with Crippen LogP contribution in [0, 0.1) is 5.82 Å². The van der Waals surface area contributed by atoms with Crippen LogP contribution in [0.5, 0.6) is 0 Å². The van der Waals surface area contributed by atoms with Crippen LogP contribution in [-0.4, -0.2) is 29.8 Å². The third kappa shape index (κ3) is 4.97. The number of nitrogens with zero attached hydrogens (tertiary/aromatic N) is 1. The van der Waals surface area contributed by atoms with E-state index in [1.165, 1.54) is 6.07 Å². The molecule has 0 amide bonds. The molecule has 0 saturated carbocycles. The summed E-state index contributed by atoms with van der Waals surface area (Å²) in [6, 6.07) is 15.2. The zero-order valence-electron chi connectivity index (χ0n) is 14.7. The fraction of sp³-hybridized carbons (Fsp3) is 0.381. The van der Waals surface area contributed by atoms with E-state index in [1.54, 1.807) is 13.0 Å². The highest BCUT2D eigenvalue weighted by Crippen LogP contribution is 2.16. The van der Waals surface area contributed by atoms with Crippen molar-refractivity contribution in [3.8, 4) is 0 Å². The van der Waals surface area contributed by atoms with Crippen molar-refractivity contribution < 1.29 is 9.18 Å². The first kappa shape index (κ1) is 17.8. The van der Waals surface area contributed by atoms with Crippen molar-refractivity contribution in [3.05, 3.63) is 71.0 Å². The molecule has 1 aliphatic rings. The first-order chi connectivity index (χ1) is 12.1. The molecular formula is C21H25FN2O. The van der Waals surface area contributed by atoms with Crippen molar-refractivity contribution in [2.45, 2.75) is 38.9 Å². The lowest BCUT2D eigenvalue weighted by molar-refractivity contribution is 0.101. The van der Waals surface area contributed by atoms with Gasteiger partial charge in [0.2, 0.25) is 0 Å². The van der Waals surface area contributed by atoms with E-state index in [-0.39, 0.29) is 11.6 Å². The van der Waals surface area contributed by atoms with E-state index in [4.69, 9.17) is 0 Å². The van der Waals surface area contributed by atoms with Crippen molar-refractivity contribution in [1.82, 2.24) is 10.2 Å². The summed E-state index contributed by atoms with van der Waals surface area (Å²) in [5, 5.41) is 3.59. The molecule has 3 rings (SSSR count). The molecule has 0 aliphatic carbocycles. The quantitative estimate of drug-likeness (QED) is 0.812. The number of carbonyl (C=O) groups is 1. The summed E-state index contributed by atoms with van der Waals surface area (Å²) < 4.78 is 13.8. The van der Waals surface area contributed by atoms with E-state index in [2.05, 4.69) is 10.2 Å². The Bertz CT molecular complexity index is 731. The number of likely N-dealkylation sites (tertiary alicyclic amines) is 1. The zero-order valence-corrected chi connectivity index (χ0v) is 14.7. The predicted octanol–water partition coefficient (Wildman–Crippen LogP) is 3.78. The molecule has 25 heavy (non-hydrogen) atoms. The number of piperidine rings is 1. The second-order valence-corrected chi connectivity index (χ2v) is 6.80. The Hall–Kier alpha value is -2.04. The molecule has 132 valence electrons. The lowest BCUT2D eigenvalue weighted by Crippen LogP contribution is -2.45. The molecule has 1 atom stereocenters. The monoisotopic (exact) mass is 340 g/mol. The Morgan fingerprint density at radius 1 is 1.24 bits per heavy atom. The van der Waals surface area contributed by atoms with Gasteiger partial charge in [0.05, 0.1) is 0 Å². The Kier molecular flexibility index (Phi) is 5.95. The largest absolute Gasteiger partial charge is 0.309 e. The molecule has 1 fully saturated rings. The summed E-state index contributed by atoms with van der Waals surface area (Å²) in [5.41, 5.74) is 2.64. The lowest BCUT2D eigenvalue weighted by atomic mass is 10.0. The zero-order chi connectivity index (χ0) is 17.6. The standard InChI is InChI=1S/C21H25FN2O/c1-16(25)18-8-4-6-17(12-18)13-23-20-9-5-11-24(15-20)14-19-7-2-3-10-21(19)22/h2-4,6-8,10,12,20,23H,5,9,11,13-15H2,1H3/t20-/m0/s1. The number of hydrogen-bond acceptors (Lipinski definition) is 3. The van der Waals surface area contributed by atoms with Crippen LogP contribution in [0.4, 0.5) is 4.39 Å². The van der Waals surface area contributed by atoms with Gasteiger partial charge < -0.3 is 5.32 Å². The summed E-state index contributed by atoms with van der Waals surface area (Å²) in [6.07, 6.45) is 2.24. The van der Waals surface area contributed by atoms with E-state index < -0.39 is 0 Å². The van der Waals surface area contributed by atoms with Crippen LogP contribution in [0.15, 0.2) is 48.5 Å². The van der Waals surface area contributed by atoms with Crippen LogP contribution in [0.1, 0.15) is 41.3 Å². The Morgan fingerprint density at radius 2 is 2.08 bits per heavy atom. The number of nitrogens with one attached hydrogen (secondary N) is 1. The summed E-state index contributed by atoms with van der Waals surface area (Å²) in [4.78, 5) is 13.8. The fourth-order valence-electron chi connectivity index (χ4n) is 3.40. The maximum Gasteiger partial charge on any atom is 0.159 e. The van der Waals surface area contributed by atoms with Gasteiger partial charge in [-0.05, 0) is 44.0 Å². The van der Waals surface area contributed by atoms with Gasteiger partial charge >= 0.3 is 0 Å². The molecule has 0 aromatic heterocycles. The Labute approximate surface area is 148 Å². The van der Waals surface area contributed by atoms with Crippen molar-refractivity contribution >= 4 is 5.78 Å². The summed E-state index contributed by atoms with van der Waals surface area (Å²) in [7, 11) is 0. The molecule has 1 heterocycles. The topological polar surface area (TPSA) is 32.3 Å². The van der Waals surface area contributed by atoms with Gasteiger partial charge in [-0.15, -0.1) is 0 Å². The minimum Gasteiger partial charge on any atom is -0.309 e. The number of rotatable bonds is 6. The highest BCUT2D eigenvalue weighted by molar-refractivity contribution is 5.94. The third-order valence-electron chi connectivity index (χ3n) is 4.79. The highest BCUT2D eigenvalue weighted by atomic mass is 19.1. The fourth-order valence-corrected chi connectivity index (χ4v) is 3.40. The van der Waals surface area contributed by atoms with E-state index in [9.17, 15) is 9.18 Å². The summed E-state index contributed by atoms with van der Waals surface area (Å²) >= 11 is 0. The number of benzene rings is 2. The molecule has 2 aromatic rings.